The molecule has 0 aliphatic heterocycles. The molecule has 0 unspecified atom stereocenters. The molecule has 1 aromatic heterocycles. The summed E-state index contributed by atoms with van der Waals surface area (Å²) in [7, 11) is -3.34. The Balaban J connectivity index is 1.99. The highest BCUT2D eigenvalue weighted by Gasteiger charge is 2.18. The Kier molecular flexibility index (Phi) is 4.19. The predicted octanol–water partition coefficient (Wildman–Crippen LogP) is 3.28. The molecule has 0 fully saturated rings. The third-order valence-electron chi connectivity index (χ3n) is 4.69. The SMILES string of the molecule is CS(=O)(=O)c1cccc(Cn2c3ccc(F)[c]c3c3c(C(N)=O)cccc32)c1. The number of hydrogen-bond donors (Lipinski definition) is 1. The second-order valence-corrected chi connectivity index (χ2v) is 8.65. The van der Waals surface area contributed by atoms with Crippen LogP contribution in [0.2, 0.25) is 0 Å². The number of amides is 1. The lowest BCUT2D eigenvalue weighted by Crippen LogP contribution is -2.11. The number of nitrogens with two attached hydrogens (primary N) is 1. The molecular formula is C21H16FN2O3S. The molecule has 28 heavy (non-hydrogen) atoms. The van der Waals surface area contributed by atoms with Gasteiger partial charge in [0.1, 0.15) is 5.82 Å². The lowest BCUT2D eigenvalue weighted by Gasteiger charge is -2.09. The zero-order chi connectivity index (χ0) is 20.1. The number of nitrogens with zero attached hydrogens (tertiary/aromatic N) is 1. The highest BCUT2D eigenvalue weighted by Crippen LogP contribution is 2.32. The summed E-state index contributed by atoms with van der Waals surface area (Å²) in [6, 6.07) is 17.4. The van der Waals surface area contributed by atoms with Crippen molar-refractivity contribution in [1.29, 1.82) is 0 Å². The number of aromatic nitrogens is 1. The van der Waals surface area contributed by atoms with Crippen LogP contribution in [-0.2, 0) is 16.4 Å². The maximum absolute atomic E-state index is 13.9. The number of fused-ring (bicyclic) bond motifs is 3. The Hall–Kier alpha value is -3.19. The Morgan fingerprint density at radius 2 is 1.86 bits per heavy atom. The van der Waals surface area contributed by atoms with Crippen LogP contribution in [0.15, 0.2) is 59.5 Å². The highest BCUT2D eigenvalue weighted by molar-refractivity contribution is 7.90. The summed E-state index contributed by atoms with van der Waals surface area (Å²) in [4.78, 5) is 12.1. The van der Waals surface area contributed by atoms with E-state index in [4.69, 9.17) is 5.73 Å². The minimum Gasteiger partial charge on any atom is -0.366 e. The normalized spacial score (nSPS) is 11.9. The molecule has 4 aromatic rings. The van der Waals surface area contributed by atoms with Crippen molar-refractivity contribution in [2.45, 2.75) is 11.4 Å². The molecule has 1 heterocycles. The molecule has 0 aliphatic rings. The number of hydrogen-bond acceptors (Lipinski definition) is 3. The average Bonchev–Trinajstić information content (AvgIpc) is 2.94. The summed E-state index contributed by atoms with van der Waals surface area (Å²) in [5.74, 6) is -1.15. The van der Waals surface area contributed by atoms with Crippen LogP contribution in [0.25, 0.3) is 21.8 Å². The summed E-state index contributed by atoms with van der Waals surface area (Å²) < 4.78 is 39.5. The molecule has 0 aliphatic carbocycles. The Bertz CT molecular complexity index is 1360. The molecule has 3 aromatic carbocycles. The first-order chi connectivity index (χ1) is 13.3. The molecular weight excluding hydrogens is 379 g/mol. The topological polar surface area (TPSA) is 82.2 Å². The lowest BCUT2D eigenvalue weighted by atomic mass is 10.1. The van der Waals surface area contributed by atoms with E-state index in [2.05, 4.69) is 6.07 Å². The van der Waals surface area contributed by atoms with E-state index in [1.54, 1.807) is 36.4 Å². The molecule has 0 saturated carbocycles. The first-order valence-corrected chi connectivity index (χ1v) is 10.4. The summed E-state index contributed by atoms with van der Waals surface area (Å²) >= 11 is 0. The van der Waals surface area contributed by atoms with Crippen molar-refractivity contribution in [3.63, 3.8) is 0 Å². The van der Waals surface area contributed by atoms with Gasteiger partial charge in [0.2, 0.25) is 5.91 Å². The maximum Gasteiger partial charge on any atom is 0.249 e. The second-order valence-electron chi connectivity index (χ2n) is 6.64. The van der Waals surface area contributed by atoms with E-state index < -0.39 is 21.6 Å². The Morgan fingerprint density at radius 3 is 2.57 bits per heavy atom. The molecule has 0 atom stereocenters. The summed E-state index contributed by atoms with van der Waals surface area (Å²) in [5, 5.41) is 0.993. The van der Waals surface area contributed by atoms with Gasteiger partial charge in [-0.1, -0.05) is 18.2 Å². The van der Waals surface area contributed by atoms with E-state index in [-0.39, 0.29) is 10.5 Å². The summed E-state index contributed by atoms with van der Waals surface area (Å²) in [6.07, 6.45) is 1.16. The van der Waals surface area contributed by atoms with Gasteiger partial charge >= 0.3 is 0 Å². The number of halogens is 1. The van der Waals surface area contributed by atoms with Gasteiger partial charge in [0, 0.05) is 35.2 Å². The van der Waals surface area contributed by atoms with E-state index in [0.717, 1.165) is 11.8 Å². The smallest absolute Gasteiger partial charge is 0.249 e. The van der Waals surface area contributed by atoms with Crippen LogP contribution in [0.4, 0.5) is 4.39 Å². The first-order valence-electron chi connectivity index (χ1n) is 8.47. The third kappa shape index (κ3) is 3.03. The van der Waals surface area contributed by atoms with Crippen molar-refractivity contribution >= 4 is 37.6 Å². The first kappa shape index (κ1) is 18.2. The minimum absolute atomic E-state index is 0.223. The van der Waals surface area contributed by atoms with Gasteiger partial charge in [-0.25, -0.2) is 12.8 Å². The Morgan fingerprint density at radius 1 is 1.11 bits per heavy atom. The third-order valence-corrected chi connectivity index (χ3v) is 5.81. The highest BCUT2D eigenvalue weighted by atomic mass is 32.2. The molecule has 0 spiro atoms. The summed E-state index contributed by atoms with van der Waals surface area (Å²) in [5.41, 5.74) is 7.93. The fraction of sp³-hybridized carbons (Fsp3) is 0.0952. The van der Waals surface area contributed by atoms with Crippen molar-refractivity contribution in [3.05, 3.63) is 77.6 Å². The molecule has 4 rings (SSSR count). The minimum atomic E-state index is -3.34. The lowest BCUT2D eigenvalue weighted by molar-refractivity contribution is 0.100. The zero-order valence-electron chi connectivity index (χ0n) is 14.9. The van der Waals surface area contributed by atoms with E-state index in [1.165, 1.54) is 6.07 Å². The fourth-order valence-electron chi connectivity index (χ4n) is 3.47. The maximum atomic E-state index is 13.9. The van der Waals surface area contributed by atoms with Gasteiger partial charge < -0.3 is 10.3 Å². The van der Waals surface area contributed by atoms with Gasteiger partial charge in [-0.2, -0.15) is 0 Å². The molecule has 141 valence electrons. The number of carbonyl (C=O) groups excluding carboxylic acids is 1. The standard InChI is InChI=1S/C21H16FN2O3S/c1-28(26,27)15-5-2-4-13(10-15)12-24-18-9-8-14(22)11-17(18)20-16(21(23)25)6-3-7-19(20)24/h2-10H,12H2,1H3,(H2,23,25). The van der Waals surface area contributed by atoms with Crippen LogP contribution in [0, 0.1) is 11.9 Å². The van der Waals surface area contributed by atoms with E-state index >= 15 is 0 Å². The number of benzene rings is 3. The molecule has 5 nitrogen and oxygen atoms in total. The number of primary amides is 1. The van der Waals surface area contributed by atoms with Gasteiger partial charge in [-0.3, -0.25) is 4.79 Å². The second kappa shape index (κ2) is 6.45. The molecule has 1 amide bonds. The number of rotatable bonds is 4. The van der Waals surface area contributed by atoms with Crippen molar-refractivity contribution in [3.8, 4) is 0 Å². The Labute approximate surface area is 161 Å². The largest absolute Gasteiger partial charge is 0.366 e. The monoisotopic (exact) mass is 395 g/mol. The van der Waals surface area contributed by atoms with Gasteiger partial charge in [-0.15, -0.1) is 0 Å². The molecule has 1 radical (unpaired) electrons. The van der Waals surface area contributed by atoms with Gasteiger partial charge in [0.15, 0.2) is 9.84 Å². The van der Waals surface area contributed by atoms with Crippen LogP contribution < -0.4 is 5.73 Å². The number of carbonyl (C=O) groups is 1. The summed E-state index contributed by atoms with van der Waals surface area (Å²) in [6.45, 7) is 0.338. The van der Waals surface area contributed by atoms with E-state index in [1.807, 2.05) is 16.7 Å². The van der Waals surface area contributed by atoms with E-state index in [0.29, 0.717) is 28.4 Å². The van der Waals surface area contributed by atoms with Crippen LogP contribution in [0.5, 0.6) is 0 Å². The predicted molar refractivity (Wildman–Crippen MR) is 105 cm³/mol. The molecule has 7 heteroatoms. The fourth-order valence-corrected chi connectivity index (χ4v) is 4.16. The van der Waals surface area contributed by atoms with Crippen molar-refractivity contribution in [2.24, 2.45) is 5.73 Å². The average molecular weight is 395 g/mol. The molecule has 0 saturated heterocycles. The van der Waals surface area contributed by atoms with Gasteiger partial charge in [-0.05, 0) is 42.0 Å². The van der Waals surface area contributed by atoms with Crippen molar-refractivity contribution < 1.29 is 17.6 Å². The molecule has 2 N–H and O–H groups in total. The van der Waals surface area contributed by atoms with Gasteiger partial charge in [0.25, 0.3) is 0 Å². The van der Waals surface area contributed by atoms with Crippen LogP contribution in [0.1, 0.15) is 15.9 Å². The van der Waals surface area contributed by atoms with Gasteiger partial charge in [0.05, 0.1) is 15.9 Å². The van der Waals surface area contributed by atoms with Crippen LogP contribution in [-0.4, -0.2) is 25.1 Å². The number of sulfone groups is 1. The van der Waals surface area contributed by atoms with E-state index in [9.17, 15) is 17.6 Å². The zero-order valence-corrected chi connectivity index (χ0v) is 15.8. The van der Waals surface area contributed by atoms with Crippen LogP contribution >= 0.6 is 0 Å². The van der Waals surface area contributed by atoms with Crippen LogP contribution in [0.3, 0.4) is 0 Å². The van der Waals surface area contributed by atoms with Crippen molar-refractivity contribution in [1.82, 2.24) is 4.57 Å². The van der Waals surface area contributed by atoms with Crippen molar-refractivity contribution in [2.75, 3.05) is 6.26 Å². The molecule has 0 bridgehead atoms. The quantitative estimate of drug-likeness (QED) is 0.576.